The van der Waals surface area contributed by atoms with Crippen LogP contribution in [0.5, 0.6) is 0 Å². The lowest BCUT2D eigenvalue weighted by Gasteiger charge is -2.37. The first-order valence-corrected chi connectivity index (χ1v) is 10.9. The van der Waals surface area contributed by atoms with Crippen LogP contribution in [0.4, 0.5) is 8.78 Å². The van der Waals surface area contributed by atoms with Gasteiger partial charge in [0.1, 0.15) is 11.6 Å². The van der Waals surface area contributed by atoms with Crippen molar-refractivity contribution in [3.05, 3.63) is 89.1 Å². The van der Waals surface area contributed by atoms with Gasteiger partial charge in [0.2, 0.25) is 9.84 Å². The van der Waals surface area contributed by atoms with Gasteiger partial charge in [0.15, 0.2) is 5.03 Å². The average molecular weight is 427 g/mol. The molecule has 154 valence electrons. The van der Waals surface area contributed by atoms with Gasteiger partial charge in [-0.25, -0.2) is 22.2 Å². The van der Waals surface area contributed by atoms with Gasteiger partial charge >= 0.3 is 0 Å². The van der Waals surface area contributed by atoms with Crippen LogP contribution in [0.3, 0.4) is 0 Å². The number of pyridine rings is 1. The Hall–Kier alpha value is -2.90. The highest BCUT2D eigenvalue weighted by Gasteiger charge is 2.41. The van der Waals surface area contributed by atoms with Crippen molar-refractivity contribution < 1.29 is 22.3 Å². The van der Waals surface area contributed by atoms with E-state index in [4.69, 9.17) is 0 Å². The van der Waals surface area contributed by atoms with Crippen molar-refractivity contribution in [1.29, 1.82) is 0 Å². The van der Waals surface area contributed by atoms with Crippen LogP contribution in [0, 0.1) is 11.6 Å². The molecule has 0 bridgehead atoms. The third kappa shape index (κ3) is 3.78. The fourth-order valence-electron chi connectivity index (χ4n) is 3.43. The fraction of sp³-hybridized carbons (Fsp3) is 0.174. The first kappa shape index (κ1) is 20.4. The molecule has 1 aliphatic rings. The molecule has 30 heavy (non-hydrogen) atoms. The molecule has 0 unspecified atom stereocenters. The summed E-state index contributed by atoms with van der Waals surface area (Å²) >= 11 is 0. The highest BCUT2D eigenvalue weighted by molar-refractivity contribution is 7.91. The quantitative estimate of drug-likeness (QED) is 0.598. The molecular formula is C23H19F2NO3S. The minimum atomic E-state index is -3.92. The summed E-state index contributed by atoms with van der Waals surface area (Å²) in [5.74, 6) is -1.33. The molecule has 4 nitrogen and oxygen atoms in total. The zero-order chi connectivity index (χ0) is 21.4. The van der Waals surface area contributed by atoms with Crippen molar-refractivity contribution in [2.45, 2.75) is 34.8 Å². The molecule has 1 fully saturated rings. The summed E-state index contributed by atoms with van der Waals surface area (Å²) < 4.78 is 53.0. The maximum absolute atomic E-state index is 13.7. The van der Waals surface area contributed by atoms with E-state index in [1.807, 2.05) is 0 Å². The number of nitrogens with zero attached hydrogens (tertiary/aromatic N) is 1. The predicted octanol–water partition coefficient (Wildman–Crippen LogP) is 4.73. The van der Waals surface area contributed by atoms with E-state index in [1.54, 1.807) is 30.3 Å². The van der Waals surface area contributed by atoms with Crippen molar-refractivity contribution in [2.75, 3.05) is 0 Å². The number of aromatic nitrogens is 1. The summed E-state index contributed by atoms with van der Waals surface area (Å²) in [6.45, 7) is 0. The van der Waals surface area contributed by atoms with Crippen molar-refractivity contribution in [2.24, 2.45) is 0 Å². The number of aliphatic hydroxyl groups is 1. The third-order valence-corrected chi connectivity index (χ3v) is 7.04. The molecule has 4 rings (SSSR count). The lowest BCUT2D eigenvalue weighted by atomic mass is 9.76. The molecule has 3 aromatic rings. The van der Waals surface area contributed by atoms with Gasteiger partial charge in [-0.1, -0.05) is 30.4 Å². The molecule has 0 saturated heterocycles. The van der Waals surface area contributed by atoms with Crippen LogP contribution in [0.15, 0.2) is 70.7 Å². The van der Waals surface area contributed by atoms with Gasteiger partial charge in [-0.2, -0.15) is 0 Å². The Bertz CT molecular complexity index is 1220. The number of hydrogen-bond acceptors (Lipinski definition) is 4. The van der Waals surface area contributed by atoms with Crippen LogP contribution in [0.1, 0.15) is 36.0 Å². The first-order chi connectivity index (χ1) is 14.3. The summed E-state index contributed by atoms with van der Waals surface area (Å²) in [6.07, 6.45) is 6.33. The number of halogens is 2. The van der Waals surface area contributed by atoms with E-state index < -0.39 is 27.1 Å². The minimum Gasteiger partial charge on any atom is -0.385 e. The monoisotopic (exact) mass is 427 g/mol. The second-order valence-electron chi connectivity index (χ2n) is 7.31. The molecule has 2 aromatic carbocycles. The number of hydrogen-bond donors (Lipinski definition) is 1. The minimum absolute atomic E-state index is 0.0514. The Kier molecular flexibility index (Phi) is 5.26. The fourth-order valence-corrected chi connectivity index (χ4v) is 4.90. The normalized spacial score (nSPS) is 15.8. The van der Waals surface area contributed by atoms with Crippen LogP contribution in [-0.4, -0.2) is 18.5 Å². The molecule has 1 saturated carbocycles. The smallest absolute Gasteiger partial charge is 0.224 e. The van der Waals surface area contributed by atoms with Crippen LogP contribution in [0.2, 0.25) is 0 Å². The SMILES string of the molecule is O=S(=O)(c1ccc(C=Cc2ccc(F)cc2F)cc1)c1ncccc1C1(O)CCC1. The zero-order valence-electron chi connectivity index (χ0n) is 15.9. The van der Waals surface area contributed by atoms with Gasteiger partial charge in [0.05, 0.1) is 10.5 Å². The molecular weight excluding hydrogens is 408 g/mol. The van der Waals surface area contributed by atoms with E-state index in [9.17, 15) is 22.3 Å². The summed E-state index contributed by atoms with van der Waals surface area (Å²) in [7, 11) is -3.92. The van der Waals surface area contributed by atoms with Crippen LogP contribution in [0.25, 0.3) is 12.2 Å². The Morgan fingerprint density at radius 3 is 2.37 bits per heavy atom. The highest BCUT2D eigenvalue weighted by Crippen LogP contribution is 2.43. The Morgan fingerprint density at radius 2 is 1.73 bits per heavy atom. The number of benzene rings is 2. The molecule has 1 aliphatic carbocycles. The average Bonchev–Trinajstić information content (AvgIpc) is 2.72. The molecule has 0 atom stereocenters. The standard InChI is InChI=1S/C23H19F2NO3S/c24-18-9-8-17(21(25)15-18)7-4-16-5-10-19(11-6-16)30(28,29)22-20(3-1-14-26-22)23(27)12-2-13-23/h1,3-11,14-15,27H,2,12-13H2. The Balaban J connectivity index is 1.62. The van der Waals surface area contributed by atoms with Crippen molar-refractivity contribution in [3.63, 3.8) is 0 Å². The van der Waals surface area contributed by atoms with Gasteiger partial charge in [0.25, 0.3) is 0 Å². The van der Waals surface area contributed by atoms with Gasteiger partial charge < -0.3 is 5.11 Å². The van der Waals surface area contributed by atoms with E-state index in [-0.39, 0.29) is 15.5 Å². The Labute approximate surface area is 173 Å². The third-order valence-electron chi connectivity index (χ3n) is 5.32. The van der Waals surface area contributed by atoms with Crippen molar-refractivity contribution >= 4 is 22.0 Å². The van der Waals surface area contributed by atoms with Gasteiger partial charge in [-0.15, -0.1) is 0 Å². The number of sulfone groups is 1. The molecule has 0 aliphatic heterocycles. The van der Waals surface area contributed by atoms with Gasteiger partial charge in [0, 0.05) is 23.4 Å². The lowest BCUT2D eigenvalue weighted by molar-refractivity contribution is -0.0417. The van der Waals surface area contributed by atoms with E-state index in [2.05, 4.69) is 4.98 Å². The van der Waals surface area contributed by atoms with E-state index >= 15 is 0 Å². The zero-order valence-corrected chi connectivity index (χ0v) is 16.7. The van der Waals surface area contributed by atoms with E-state index in [0.717, 1.165) is 12.5 Å². The maximum atomic E-state index is 13.7. The molecule has 1 heterocycles. The summed E-state index contributed by atoms with van der Waals surface area (Å²) in [5, 5.41) is 10.5. The van der Waals surface area contributed by atoms with Gasteiger partial charge in [-0.05, 0) is 55.2 Å². The predicted molar refractivity (Wildman–Crippen MR) is 109 cm³/mol. The number of rotatable bonds is 5. The van der Waals surface area contributed by atoms with Crippen LogP contribution in [-0.2, 0) is 15.4 Å². The molecule has 7 heteroatoms. The molecule has 0 amide bonds. The lowest BCUT2D eigenvalue weighted by Crippen LogP contribution is -2.35. The molecule has 0 radical (unpaired) electrons. The Morgan fingerprint density at radius 1 is 1.00 bits per heavy atom. The largest absolute Gasteiger partial charge is 0.385 e. The van der Waals surface area contributed by atoms with Crippen LogP contribution >= 0.6 is 0 Å². The maximum Gasteiger partial charge on any atom is 0.224 e. The van der Waals surface area contributed by atoms with E-state index in [1.165, 1.54) is 36.5 Å². The summed E-state index contributed by atoms with van der Waals surface area (Å²) in [5.41, 5.74) is 0.0435. The second kappa shape index (κ2) is 7.74. The molecule has 0 spiro atoms. The highest BCUT2D eigenvalue weighted by atomic mass is 32.2. The summed E-state index contributed by atoms with van der Waals surface area (Å²) in [4.78, 5) is 4.11. The van der Waals surface area contributed by atoms with E-state index in [0.29, 0.717) is 24.0 Å². The first-order valence-electron chi connectivity index (χ1n) is 9.46. The van der Waals surface area contributed by atoms with Crippen LogP contribution < -0.4 is 0 Å². The van der Waals surface area contributed by atoms with Crippen molar-refractivity contribution in [1.82, 2.24) is 4.98 Å². The second-order valence-corrected chi connectivity index (χ2v) is 9.18. The molecule has 1 N–H and O–H groups in total. The topological polar surface area (TPSA) is 67.3 Å². The molecule has 1 aromatic heterocycles. The van der Waals surface area contributed by atoms with Crippen molar-refractivity contribution in [3.8, 4) is 0 Å². The van der Waals surface area contributed by atoms with Gasteiger partial charge in [-0.3, -0.25) is 0 Å². The summed E-state index contributed by atoms with van der Waals surface area (Å²) in [6, 6.07) is 12.6.